The van der Waals surface area contributed by atoms with Gasteiger partial charge in [-0.05, 0) is 56.8 Å². The van der Waals surface area contributed by atoms with E-state index < -0.39 is 0 Å². The molecule has 2 aromatic carbocycles. The van der Waals surface area contributed by atoms with Crippen LogP contribution in [0.5, 0.6) is 0 Å². The number of benzene rings is 2. The van der Waals surface area contributed by atoms with Crippen LogP contribution in [0.3, 0.4) is 0 Å². The van der Waals surface area contributed by atoms with Crippen LogP contribution in [0.25, 0.3) is 16.7 Å². The summed E-state index contributed by atoms with van der Waals surface area (Å²) in [6.07, 6.45) is 0. The van der Waals surface area contributed by atoms with Crippen molar-refractivity contribution in [2.75, 3.05) is 0 Å². The van der Waals surface area contributed by atoms with Crippen LogP contribution in [0.1, 0.15) is 40.2 Å². The van der Waals surface area contributed by atoms with Crippen LogP contribution in [0.4, 0.5) is 0 Å². The lowest BCUT2D eigenvalue weighted by atomic mass is 9.78. The van der Waals surface area contributed by atoms with Gasteiger partial charge >= 0.3 is 7.12 Å². The van der Waals surface area contributed by atoms with Crippen LogP contribution in [-0.2, 0) is 9.31 Å². The lowest BCUT2D eigenvalue weighted by molar-refractivity contribution is 0.00578. The van der Waals surface area contributed by atoms with Crippen molar-refractivity contribution >= 4 is 18.2 Å². The Hall–Kier alpha value is -1.84. The zero-order chi connectivity index (χ0) is 17.5. The second-order valence-corrected chi connectivity index (χ2v) is 7.57. The SMILES string of the molecule is C=C(C)c1ccc(-c2ccc(B3OC(C)(C)C(C)(C)O3)cc2)cc1. The molecule has 0 unspecified atom stereocenters. The summed E-state index contributed by atoms with van der Waals surface area (Å²) in [7, 11) is -0.310. The van der Waals surface area contributed by atoms with E-state index in [1.165, 1.54) is 16.7 Å². The van der Waals surface area contributed by atoms with Crippen molar-refractivity contribution in [1.82, 2.24) is 0 Å². The first kappa shape index (κ1) is 17.0. The normalized spacial score (nSPS) is 18.6. The maximum absolute atomic E-state index is 6.11. The lowest BCUT2D eigenvalue weighted by Crippen LogP contribution is -2.41. The van der Waals surface area contributed by atoms with Crippen molar-refractivity contribution in [3.8, 4) is 11.1 Å². The Labute approximate surface area is 145 Å². The van der Waals surface area contributed by atoms with Crippen LogP contribution in [0.2, 0.25) is 0 Å². The van der Waals surface area contributed by atoms with Gasteiger partial charge in [-0.3, -0.25) is 0 Å². The zero-order valence-electron chi connectivity index (χ0n) is 15.2. The fourth-order valence-corrected chi connectivity index (χ4v) is 2.76. The van der Waals surface area contributed by atoms with Crippen molar-refractivity contribution in [2.45, 2.75) is 45.8 Å². The molecule has 0 radical (unpaired) electrons. The van der Waals surface area contributed by atoms with Crippen LogP contribution < -0.4 is 5.46 Å². The summed E-state index contributed by atoms with van der Waals surface area (Å²) >= 11 is 0. The van der Waals surface area contributed by atoms with Gasteiger partial charge in [-0.2, -0.15) is 0 Å². The molecule has 3 heteroatoms. The van der Waals surface area contributed by atoms with Gasteiger partial charge < -0.3 is 9.31 Å². The molecule has 0 aliphatic carbocycles. The minimum atomic E-state index is -0.311. The Kier molecular flexibility index (Phi) is 4.19. The summed E-state index contributed by atoms with van der Waals surface area (Å²) in [5.41, 5.74) is 5.06. The summed E-state index contributed by atoms with van der Waals surface area (Å²) in [6.45, 7) is 14.3. The van der Waals surface area contributed by atoms with E-state index in [2.05, 4.69) is 82.8 Å². The molecule has 1 aliphatic rings. The molecule has 1 saturated heterocycles. The van der Waals surface area contributed by atoms with E-state index in [1.54, 1.807) is 0 Å². The van der Waals surface area contributed by atoms with Gasteiger partial charge in [0.15, 0.2) is 0 Å². The van der Waals surface area contributed by atoms with Gasteiger partial charge in [0.1, 0.15) is 0 Å². The van der Waals surface area contributed by atoms with Crippen molar-refractivity contribution in [3.05, 3.63) is 60.7 Å². The van der Waals surface area contributed by atoms with Gasteiger partial charge in [-0.1, -0.05) is 60.7 Å². The number of hydrogen-bond acceptors (Lipinski definition) is 2. The third-order valence-electron chi connectivity index (χ3n) is 5.15. The summed E-state index contributed by atoms with van der Waals surface area (Å²) in [4.78, 5) is 0. The van der Waals surface area contributed by atoms with Crippen molar-refractivity contribution in [1.29, 1.82) is 0 Å². The third-order valence-corrected chi connectivity index (χ3v) is 5.15. The number of allylic oxidation sites excluding steroid dienone is 1. The van der Waals surface area contributed by atoms with Crippen molar-refractivity contribution < 1.29 is 9.31 Å². The Balaban J connectivity index is 1.80. The Morgan fingerprint density at radius 2 is 1.21 bits per heavy atom. The van der Waals surface area contributed by atoms with E-state index in [-0.39, 0.29) is 18.3 Å². The van der Waals surface area contributed by atoms with Gasteiger partial charge in [0.2, 0.25) is 0 Å². The number of rotatable bonds is 3. The van der Waals surface area contributed by atoms with Crippen LogP contribution in [-0.4, -0.2) is 18.3 Å². The quantitative estimate of drug-likeness (QED) is 0.764. The predicted octanol–water partition coefficient (Wildman–Crippen LogP) is 4.69. The van der Waals surface area contributed by atoms with Crippen LogP contribution in [0.15, 0.2) is 55.1 Å². The maximum Gasteiger partial charge on any atom is 0.494 e. The first-order chi connectivity index (χ1) is 11.2. The second-order valence-electron chi connectivity index (χ2n) is 7.57. The number of hydrogen-bond donors (Lipinski definition) is 0. The highest BCUT2D eigenvalue weighted by Gasteiger charge is 2.51. The molecule has 0 saturated carbocycles. The Morgan fingerprint density at radius 3 is 1.62 bits per heavy atom. The van der Waals surface area contributed by atoms with Crippen LogP contribution in [0, 0.1) is 0 Å². The highest BCUT2D eigenvalue weighted by atomic mass is 16.7. The molecule has 0 amide bonds. The summed E-state index contributed by atoms with van der Waals surface area (Å²) in [6, 6.07) is 16.9. The molecule has 2 aromatic rings. The molecule has 1 heterocycles. The van der Waals surface area contributed by atoms with Crippen molar-refractivity contribution in [2.24, 2.45) is 0 Å². The Morgan fingerprint density at radius 1 is 0.792 bits per heavy atom. The standard InChI is InChI=1S/C21H25BO2/c1-15(2)16-7-9-17(10-8-16)18-11-13-19(14-12-18)22-23-20(3,4)21(5,6)24-22/h7-14H,1H2,2-6H3. The summed E-state index contributed by atoms with van der Waals surface area (Å²) in [5, 5.41) is 0. The van der Waals surface area contributed by atoms with Crippen molar-refractivity contribution in [3.63, 3.8) is 0 Å². The van der Waals surface area contributed by atoms with E-state index in [9.17, 15) is 0 Å². The second kappa shape index (κ2) is 5.91. The molecule has 24 heavy (non-hydrogen) atoms. The average Bonchev–Trinajstić information content (AvgIpc) is 2.76. The molecule has 0 aromatic heterocycles. The zero-order valence-corrected chi connectivity index (χ0v) is 15.2. The van der Waals surface area contributed by atoms with E-state index in [1.807, 2.05) is 6.92 Å². The molecular formula is C21H25BO2. The fourth-order valence-electron chi connectivity index (χ4n) is 2.76. The van der Waals surface area contributed by atoms with Gasteiger partial charge in [-0.25, -0.2) is 0 Å². The highest BCUT2D eigenvalue weighted by Crippen LogP contribution is 2.36. The van der Waals surface area contributed by atoms with Gasteiger partial charge in [0.25, 0.3) is 0 Å². The summed E-state index contributed by atoms with van der Waals surface area (Å²) in [5.74, 6) is 0. The molecule has 124 valence electrons. The highest BCUT2D eigenvalue weighted by molar-refractivity contribution is 6.62. The molecule has 3 rings (SSSR count). The predicted molar refractivity (Wildman–Crippen MR) is 102 cm³/mol. The van der Waals surface area contributed by atoms with Gasteiger partial charge in [0, 0.05) is 0 Å². The minimum Gasteiger partial charge on any atom is -0.399 e. The van der Waals surface area contributed by atoms with E-state index >= 15 is 0 Å². The smallest absolute Gasteiger partial charge is 0.399 e. The average molecular weight is 320 g/mol. The fraction of sp³-hybridized carbons (Fsp3) is 0.333. The molecule has 1 fully saturated rings. The molecule has 0 atom stereocenters. The van der Waals surface area contributed by atoms with E-state index in [4.69, 9.17) is 9.31 Å². The van der Waals surface area contributed by atoms with Gasteiger partial charge in [-0.15, -0.1) is 0 Å². The molecule has 0 N–H and O–H groups in total. The monoisotopic (exact) mass is 320 g/mol. The minimum absolute atomic E-state index is 0.310. The molecular weight excluding hydrogens is 295 g/mol. The topological polar surface area (TPSA) is 18.5 Å². The van der Waals surface area contributed by atoms with Gasteiger partial charge in [0.05, 0.1) is 11.2 Å². The molecule has 2 nitrogen and oxygen atoms in total. The maximum atomic E-state index is 6.11. The molecule has 1 aliphatic heterocycles. The lowest BCUT2D eigenvalue weighted by Gasteiger charge is -2.32. The largest absolute Gasteiger partial charge is 0.494 e. The van der Waals surface area contributed by atoms with E-state index in [0.29, 0.717) is 0 Å². The summed E-state index contributed by atoms with van der Waals surface area (Å²) < 4.78 is 12.2. The Bertz CT molecular complexity index is 726. The van der Waals surface area contributed by atoms with Crippen LogP contribution >= 0.6 is 0 Å². The molecule has 0 bridgehead atoms. The molecule has 0 spiro atoms. The van der Waals surface area contributed by atoms with E-state index in [0.717, 1.165) is 11.0 Å². The first-order valence-corrected chi connectivity index (χ1v) is 8.41. The third kappa shape index (κ3) is 3.06. The first-order valence-electron chi connectivity index (χ1n) is 8.41.